The van der Waals surface area contributed by atoms with Crippen molar-refractivity contribution in [2.24, 2.45) is 0 Å². The summed E-state index contributed by atoms with van der Waals surface area (Å²) in [5.74, 6) is -1.46. The number of nitrogens with zero attached hydrogens (tertiary/aromatic N) is 2. The van der Waals surface area contributed by atoms with Gasteiger partial charge in [0.1, 0.15) is 0 Å². The number of amides is 1. The zero-order valence-electron chi connectivity index (χ0n) is 16.0. The van der Waals surface area contributed by atoms with Gasteiger partial charge in [-0.25, -0.2) is 8.78 Å². The van der Waals surface area contributed by atoms with E-state index in [-0.39, 0.29) is 5.91 Å². The summed E-state index contributed by atoms with van der Waals surface area (Å²) < 4.78 is 32.2. The van der Waals surface area contributed by atoms with Crippen molar-refractivity contribution in [3.63, 3.8) is 0 Å². The Kier molecular flexibility index (Phi) is 5.34. The smallest absolute Gasteiger partial charge is 0.251 e. The van der Waals surface area contributed by atoms with Crippen LogP contribution in [0.4, 0.5) is 8.78 Å². The van der Waals surface area contributed by atoms with Crippen LogP contribution in [-0.4, -0.2) is 16.1 Å². The van der Waals surface area contributed by atoms with Gasteiger partial charge in [0.25, 0.3) is 5.91 Å². The molecule has 1 heterocycles. The maximum atomic E-state index is 13.4. The average molecular weight is 405 g/mol. The second kappa shape index (κ2) is 8.24. The maximum absolute atomic E-state index is 13.4. The number of carbonyl (C=O) groups is 1. The largest absolute Gasteiger partial charge is 0.416 e. The molecule has 0 bridgehead atoms. The number of benzene rings is 3. The molecule has 0 fully saturated rings. The van der Waals surface area contributed by atoms with E-state index in [0.717, 1.165) is 17.7 Å². The minimum Gasteiger partial charge on any atom is -0.416 e. The van der Waals surface area contributed by atoms with Crippen LogP contribution in [0.1, 0.15) is 28.9 Å². The van der Waals surface area contributed by atoms with Crippen LogP contribution < -0.4 is 5.32 Å². The van der Waals surface area contributed by atoms with E-state index >= 15 is 0 Å². The van der Waals surface area contributed by atoms with Gasteiger partial charge in [-0.05, 0) is 61.0 Å². The van der Waals surface area contributed by atoms with Gasteiger partial charge in [-0.15, -0.1) is 10.2 Å². The maximum Gasteiger partial charge on any atom is 0.251 e. The highest BCUT2D eigenvalue weighted by Gasteiger charge is 2.15. The van der Waals surface area contributed by atoms with Gasteiger partial charge in [-0.2, -0.15) is 0 Å². The van der Waals surface area contributed by atoms with E-state index in [1.165, 1.54) is 6.07 Å². The number of carbonyl (C=O) groups excluding carboxylic acids is 1. The number of hydrogen-bond acceptors (Lipinski definition) is 4. The summed E-state index contributed by atoms with van der Waals surface area (Å²) in [6.45, 7) is 1.70. The monoisotopic (exact) mass is 405 g/mol. The fraction of sp³-hybridized carbons (Fsp3) is 0.0870. The van der Waals surface area contributed by atoms with E-state index in [9.17, 15) is 13.6 Å². The fourth-order valence-electron chi connectivity index (χ4n) is 2.95. The van der Waals surface area contributed by atoms with Gasteiger partial charge in [-0.3, -0.25) is 4.79 Å². The molecule has 1 amide bonds. The lowest BCUT2D eigenvalue weighted by molar-refractivity contribution is 0.0940. The van der Waals surface area contributed by atoms with Crippen molar-refractivity contribution < 1.29 is 18.0 Å². The summed E-state index contributed by atoms with van der Waals surface area (Å²) in [4.78, 5) is 12.5. The molecule has 4 rings (SSSR count). The first kappa shape index (κ1) is 19.4. The molecular weight excluding hydrogens is 388 g/mol. The van der Waals surface area contributed by atoms with Gasteiger partial charge in [0, 0.05) is 16.7 Å². The third kappa shape index (κ3) is 4.10. The van der Waals surface area contributed by atoms with E-state index in [0.29, 0.717) is 28.5 Å². The van der Waals surface area contributed by atoms with E-state index in [4.69, 9.17) is 4.42 Å². The summed E-state index contributed by atoms with van der Waals surface area (Å²) in [7, 11) is 0. The lowest BCUT2D eigenvalue weighted by Gasteiger charge is -2.14. The summed E-state index contributed by atoms with van der Waals surface area (Å²) in [6, 6.07) is 19.2. The Balaban J connectivity index is 1.46. The minimum atomic E-state index is -0.951. The number of hydrogen-bond donors (Lipinski definition) is 1. The number of nitrogens with one attached hydrogen (secondary N) is 1. The highest BCUT2D eigenvalue weighted by Crippen LogP contribution is 2.24. The summed E-state index contributed by atoms with van der Waals surface area (Å²) in [5.41, 5.74) is 2.38. The third-order valence-corrected chi connectivity index (χ3v) is 4.63. The van der Waals surface area contributed by atoms with Crippen LogP contribution in [0, 0.1) is 11.6 Å². The summed E-state index contributed by atoms with van der Waals surface area (Å²) >= 11 is 0. The highest BCUT2D eigenvalue weighted by molar-refractivity contribution is 5.94. The van der Waals surface area contributed by atoms with Crippen LogP contribution in [-0.2, 0) is 0 Å². The Morgan fingerprint density at radius 1 is 0.867 bits per heavy atom. The zero-order valence-corrected chi connectivity index (χ0v) is 16.0. The lowest BCUT2D eigenvalue weighted by Crippen LogP contribution is -2.26. The predicted octanol–water partition coefficient (Wildman–Crippen LogP) is 5.17. The quantitative estimate of drug-likeness (QED) is 0.497. The van der Waals surface area contributed by atoms with Crippen molar-refractivity contribution in [2.45, 2.75) is 13.0 Å². The van der Waals surface area contributed by atoms with Crippen molar-refractivity contribution >= 4 is 5.91 Å². The standard InChI is InChI=1S/C23H17F2N3O2/c1-14(18-11-12-19(24)20(25)13-18)26-21(29)15-7-9-17(10-8-15)23-28-27-22(30-23)16-5-3-2-4-6-16/h2-14H,1H3,(H,26,29). The van der Waals surface area contributed by atoms with Crippen molar-refractivity contribution in [3.05, 3.63) is 95.6 Å². The van der Waals surface area contributed by atoms with Crippen molar-refractivity contribution in [3.8, 4) is 22.9 Å². The first-order valence-corrected chi connectivity index (χ1v) is 9.26. The average Bonchev–Trinajstić information content (AvgIpc) is 3.26. The van der Waals surface area contributed by atoms with E-state index in [1.807, 2.05) is 30.3 Å². The van der Waals surface area contributed by atoms with Gasteiger partial charge >= 0.3 is 0 Å². The predicted molar refractivity (Wildman–Crippen MR) is 107 cm³/mol. The molecule has 0 saturated carbocycles. The summed E-state index contributed by atoms with van der Waals surface area (Å²) in [6.07, 6.45) is 0. The van der Waals surface area contributed by atoms with Gasteiger partial charge in [0.05, 0.1) is 6.04 Å². The molecule has 1 aromatic heterocycles. The normalized spacial score (nSPS) is 11.8. The van der Waals surface area contributed by atoms with Crippen LogP contribution >= 0.6 is 0 Å². The second-order valence-corrected chi connectivity index (χ2v) is 6.72. The van der Waals surface area contributed by atoms with Crippen molar-refractivity contribution in [1.29, 1.82) is 0 Å². The Bertz CT molecular complexity index is 1170. The van der Waals surface area contributed by atoms with Crippen LogP contribution in [0.25, 0.3) is 22.9 Å². The minimum absolute atomic E-state index is 0.339. The molecular formula is C23H17F2N3O2. The van der Waals surface area contributed by atoms with Crippen LogP contribution in [0.2, 0.25) is 0 Å². The molecule has 3 aromatic carbocycles. The number of aromatic nitrogens is 2. The number of rotatable bonds is 5. The van der Waals surface area contributed by atoms with Gasteiger partial charge in [0.2, 0.25) is 11.8 Å². The SMILES string of the molecule is CC(NC(=O)c1ccc(-c2nnc(-c3ccccc3)o2)cc1)c1ccc(F)c(F)c1. The van der Waals surface area contributed by atoms with Crippen LogP contribution in [0.3, 0.4) is 0 Å². The molecule has 0 aliphatic rings. The first-order chi connectivity index (χ1) is 14.5. The van der Waals surface area contributed by atoms with Crippen LogP contribution in [0.5, 0.6) is 0 Å². The topological polar surface area (TPSA) is 68.0 Å². The van der Waals surface area contributed by atoms with E-state index in [1.54, 1.807) is 31.2 Å². The number of halogens is 2. The third-order valence-electron chi connectivity index (χ3n) is 4.63. The molecule has 0 saturated heterocycles. The second-order valence-electron chi connectivity index (χ2n) is 6.72. The zero-order chi connectivity index (χ0) is 21.1. The van der Waals surface area contributed by atoms with E-state index in [2.05, 4.69) is 15.5 Å². The van der Waals surface area contributed by atoms with Gasteiger partial charge in [-0.1, -0.05) is 24.3 Å². The van der Waals surface area contributed by atoms with Gasteiger partial charge in [0.15, 0.2) is 11.6 Å². The Morgan fingerprint density at radius 2 is 1.50 bits per heavy atom. The fourth-order valence-corrected chi connectivity index (χ4v) is 2.95. The molecule has 0 aliphatic heterocycles. The molecule has 4 aromatic rings. The Morgan fingerprint density at radius 3 is 2.13 bits per heavy atom. The molecule has 7 heteroatoms. The molecule has 5 nitrogen and oxygen atoms in total. The molecule has 1 N–H and O–H groups in total. The van der Waals surface area contributed by atoms with E-state index < -0.39 is 17.7 Å². The van der Waals surface area contributed by atoms with Gasteiger partial charge < -0.3 is 9.73 Å². The molecule has 30 heavy (non-hydrogen) atoms. The molecule has 1 atom stereocenters. The van der Waals surface area contributed by atoms with Crippen molar-refractivity contribution in [2.75, 3.05) is 0 Å². The first-order valence-electron chi connectivity index (χ1n) is 9.26. The lowest BCUT2D eigenvalue weighted by atomic mass is 10.1. The molecule has 150 valence electrons. The van der Waals surface area contributed by atoms with Crippen LogP contribution in [0.15, 0.2) is 77.2 Å². The Hall–Kier alpha value is -3.87. The highest BCUT2D eigenvalue weighted by atomic mass is 19.2. The molecule has 1 unspecified atom stereocenters. The molecule has 0 aliphatic carbocycles. The Labute approximate surface area is 171 Å². The summed E-state index contributed by atoms with van der Waals surface area (Å²) in [5, 5.41) is 10.9. The molecule has 0 radical (unpaired) electrons. The van der Waals surface area contributed by atoms with Crippen molar-refractivity contribution in [1.82, 2.24) is 15.5 Å². The molecule has 0 spiro atoms.